The number of benzene rings is 2. The summed E-state index contributed by atoms with van der Waals surface area (Å²) in [4.78, 5) is 14.9. The van der Waals surface area contributed by atoms with Crippen molar-refractivity contribution >= 4 is 35.1 Å². The smallest absolute Gasteiger partial charge is 0.231 e. The number of morpholine rings is 1. The highest BCUT2D eigenvalue weighted by Gasteiger charge is 2.31. The Hall–Kier alpha value is -2.05. The van der Waals surface area contributed by atoms with E-state index in [1.807, 2.05) is 0 Å². The minimum atomic E-state index is -0.223. The number of ketones is 1. The number of fused-ring (bicyclic) bond motifs is 1. The van der Waals surface area contributed by atoms with Crippen molar-refractivity contribution in [1.29, 1.82) is 0 Å². The van der Waals surface area contributed by atoms with Crippen molar-refractivity contribution in [2.75, 3.05) is 26.3 Å². The van der Waals surface area contributed by atoms with Gasteiger partial charge in [0, 0.05) is 19.6 Å². The second kappa shape index (κ2) is 7.52. The van der Waals surface area contributed by atoms with Gasteiger partial charge in [-0.15, -0.1) is 0 Å². The number of phenols is 1. The number of ether oxygens (including phenoxy) is 2. The van der Waals surface area contributed by atoms with Gasteiger partial charge in [0.15, 0.2) is 5.76 Å². The first-order valence-corrected chi connectivity index (χ1v) is 9.33. The van der Waals surface area contributed by atoms with Gasteiger partial charge >= 0.3 is 0 Å². The molecule has 0 aromatic heterocycles. The number of carbonyl (C=O) groups is 1. The molecular formula is C20H17Cl2NO4. The van der Waals surface area contributed by atoms with Gasteiger partial charge in [0.25, 0.3) is 0 Å². The summed E-state index contributed by atoms with van der Waals surface area (Å²) in [5.74, 6) is 0.498. The molecular weight excluding hydrogens is 389 g/mol. The van der Waals surface area contributed by atoms with Crippen LogP contribution in [0.3, 0.4) is 0 Å². The Balaban J connectivity index is 1.65. The van der Waals surface area contributed by atoms with Crippen LogP contribution in [0.2, 0.25) is 10.0 Å². The van der Waals surface area contributed by atoms with Gasteiger partial charge in [0.2, 0.25) is 5.78 Å². The maximum absolute atomic E-state index is 12.7. The fourth-order valence-corrected chi connectivity index (χ4v) is 3.49. The third kappa shape index (κ3) is 3.69. The summed E-state index contributed by atoms with van der Waals surface area (Å²) >= 11 is 12.0. The molecule has 4 rings (SSSR count). The molecule has 7 heteroatoms. The predicted octanol–water partition coefficient (Wildman–Crippen LogP) is 4.15. The highest BCUT2D eigenvalue weighted by molar-refractivity contribution is 6.42. The van der Waals surface area contributed by atoms with Crippen molar-refractivity contribution in [1.82, 2.24) is 4.90 Å². The molecule has 1 fully saturated rings. The van der Waals surface area contributed by atoms with Crippen LogP contribution in [0.1, 0.15) is 21.5 Å². The fraction of sp³-hybridized carbons (Fsp3) is 0.250. The molecule has 140 valence electrons. The Bertz CT molecular complexity index is 936. The fourth-order valence-electron chi connectivity index (χ4n) is 3.19. The van der Waals surface area contributed by atoms with E-state index in [4.69, 9.17) is 32.7 Å². The Morgan fingerprint density at radius 1 is 1.11 bits per heavy atom. The Labute approximate surface area is 166 Å². The van der Waals surface area contributed by atoms with Crippen molar-refractivity contribution in [3.05, 3.63) is 62.8 Å². The van der Waals surface area contributed by atoms with Gasteiger partial charge in [-0.3, -0.25) is 9.69 Å². The number of halogens is 2. The van der Waals surface area contributed by atoms with E-state index in [-0.39, 0.29) is 17.3 Å². The van der Waals surface area contributed by atoms with Gasteiger partial charge in [-0.05, 0) is 35.9 Å². The third-order valence-electron chi connectivity index (χ3n) is 4.64. The molecule has 2 aliphatic heterocycles. The lowest BCUT2D eigenvalue weighted by Gasteiger charge is -2.27. The lowest BCUT2D eigenvalue weighted by Crippen LogP contribution is -2.35. The van der Waals surface area contributed by atoms with Gasteiger partial charge in [-0.2, -0.15) is 0 Å². The summed E-state index contributed by atoms with van der Waals surface area (Å²) < 4.78 is 11.2. The maximum atomic E-state index is 12.7. The van der Waals surface area contributed by atoms with Crippen molar-refractivity contribution in [3.63, 3.8) is 0 Å². The van der Waals surface area contributed by atoms with Crippen LogP contribution in [0.25, 0.3) is 6.08 Å². The van der Waals surface area contributed by atoms with Crippen LogP contribution in [0.15, 0.2) is 36.1 Å². The van der Waals surface area contributed by atoms with Crippen LogP contribution in [0, 0.1) is 0 Å². The number of rotatable bonds is 3. The number of hydrogen-bond acceptors (Lipinski definition) is 5. The van der Waals surface area contributed by atoms with Gasteiger partial charge in [-0.25, -0.2) is 0 Å². The molecule has 2 aromatic rings. The van der Waals surface area contributed by atoms with E-state index in [0.717, 1.165) is 13.1 Å². The zero-order chi connectivity index (χ0) is 19.0. The molecule has 2 aromatic carbocycles. The highest BCUT2D eigenvalue weighted by Crippen LogP contribution is 2.40. The largest absolute Gasteiger partial charge is 0.507 e. The standard InChI is InChI=1S/C20H17Cl2NO4/c21-15-3-1-12(9-16(15)22)10-18-19(25)13-2-4-17(24)14(20(13)27-18)11-23-5-7-26-8-6-23/h1-4,9-10,24H,5-8,11H2/b18-10+. The number of aromatic hydroxyl groups is 1. The van der Waals surface area contributed by atoms with Crippen molar-refractivity contribution in [2.45, 2.75) is 6.54 Å². The molecule has 1 N–H and O–H groups in total. The first kappa shape index (κ1) is 18.3. The summed E-state index contributed by atoms with van der Waals surface area (Å²) in [6.07, 6.45) is 1.63. The van der Waals surface area contributed by atoms with E-state index in [2.05, 4.69) is 4.90 Å². The highest BCUT2D eigenvalue weighted by atomic mass is 35.5. The van der Waals surface area contributed by atoms with Gasteiger partial charge in [0.1, 0.15) is 11.5 Å². The van der Waals surface area contributed by atoms with E-state index in [1.165, 1.54) is 6.07 Å². The van der Waals surface area contributed by atoms with Crippen molar-refractivity contribution in [2.24, 2.45) is 0 Å². The Morgan fingerprint density at radius 3 is 2.63 bits per heavy atom. The molecule has 0 bridgehead atoms. The molecule has 0 spiro atoms. The second-order valence-electron chi connectivity index (χ2n) is 6.44. The molecule has 27 heavy (non-hydrogen) atoms. The molecule has 1 saturated heterocycles. The number of carbonyl (C=O) groups excluding carboxylic acids is 1. The average Bonchev–Trinajstić information content (AvgIpc) is 2.97. The number of phenolic OH excluding ortho intramolecular Hbond substituents is 1. The number of allylic oxidation sites excluding steroid dienone is 1. The topological polar surface area (TPSA) is 59.0 Å². The van der Waals surface area contributed by atoms with Crippen LogP contribution in [-0.4, -0.2) is 42.1 Å². The molecule has 2 aliphatic rings. The molecule has 5 nitrogen and oxygen atoms in total. The van der Waals surface area contributed by atoms with Crippen LogP contribution >= 0.6 is 23.2 Å². The summed E-state index contributed by atoms with van der Waals surface area (Å²) in [7, 11) is 0. The summed E-state index contributed by atoms with van der Waals surface area (Å²) in [6, 6.07) is 8.22. The number of nitrogens with zero attached hydrogens (tertiary/aromatic N) is 1. The quantitative estimate of drug-likeness (QED) is 0.777. The molecule has 0 unspecified atom stereocenters. The molecule has 0 atom stereocenters. The summed E-state index contributed by atoms with van der Waals surface area (Å²) in [5, 5.41) is 11.2. The molecule has 0 amide bonds. The number of Topliss-reactive ketones (excluding diaryl/α,β-unsaturated/α-hetero) is 1. The van der Waals surface area contributed by atoms with E-state index in [0.29, 0.717) is 52.2 Å². The molecule has 0 saturated carbocycles. The summed E-state index contributed by atoms with van der Waals surface area (Å²) in [6.45, 7) is 3.33. The lowest BCUT2D eigenvalue weighted by atomic mass is 10.0. The van der Waals surface area contributed by atoms with E-state index in [9.17, 15) is 9.90 Å². The second-order valence-corrected chi connectivity index (χ2v) is 7.26. The lowest BCUT2D eigenvalue weighted by molar-refractivity contribution is 0.0336. The van der Waals surface area contributed by atoms with E-state index in [1.54, 1.807) is 30.3 Å². The van der Waals surface area contributed by atoms with E-state index < -0.39 is 0 Å². The first-order valence-electron chi connectivity index (χ1n) is 8.57. The van der Waals surface area contributed by atoms with Crippen LogP contribution < -0.4 is 4.74 Å². The SMILES string of the molecule is O=C1/C(=C\c2ccc(Cl)c(Cl)c2)Oc2c1ccc(O)c2CN1CCOCC1. The van der Waals surface area contributed by atoms with Crippen LogP contribution in [0.4, 0.5) is 0 Å². The molecule has 0 radical (unpaired) electrons. The number of hydrogen-bond donors (Lipinski definition) is 1. The Kier molecular flexibility index (Phi) is 5.10. The predicted molar refractivity (Wildman–Crippen MR) is 104 cm³/mol. The monoisotopic (exact) mass is 405 g/mol. The van der Waals surface area contributed by atoms with Crippen LogP contribution in [0.5, 0.6) is 11.5 Å². The average molecular weight is 406 g/mol. The zero-order valence-electron chi connectivity index (χ0n) is 14.4. The first-order chi connectivity index (χ1) is 13.0. The molecule has 0 aliphatic carbocycles. The molecule has 2 heterocycles. The minimum absolute atomic E-state index is 0.115. The van der Waals surface area contributed by atoms with Crippen molar-refractivity contribution < 1.29 is 19.4 Å². The minimum Gasteiger partial charge on any atom is -0.507 e. The van der Waals surface area contributed by atoms with Crippen molar-refractivity contribution in [3.8, 4) is 11.5 Å². The Morgan fingerprint density at radius 2 is 1.89 bits per heavy atom. The van der Waals surface area contributed by atoms with E-state index >= 15 is 0 Å². The van der Waals surface area contributed by atoms with Gasteiger partial charge < -0.3 is 14.6 Å². The van der Waals surface area contributed by atoms with Gasteiger partial charge in [-0.1, -0.05) is 29.3 Å². The maximum Gasteiger partial charge on any atom is 0.231 e. The van der Waals surface area contributed by atoms with Gasteiger partial charge in [0.05, 0.1) is 34.4 Å². The van der Waals surface area contributed by atoms with Crippen LogP contribution in [-0.2, 0) is 11.3 Å². The summed E-state index contributed by atoms with van der Waals surface area (Å²) in [5.41, 5.74) is 1.77. The zero-order valence-corrected chi connectivity index (χ0v) is 15.9. The third-order valence-corrected chi connectivity index (χ3v) is 5.38. The normalized spacial score (nSPS) is 18.6.